The lowest BCUT2D eigenvalue weighted by molar-refractivity contribution is 0.0628. The van der Waals surface area contributed by atoms with Gasteiger partial charge in [0, 0.05) is 38.3 Å². The number of hydrogen-bond acceptors (Lipinski definition) is 3. The smallest absolute Gasteiger partial charge is 0.0589 e. The Bertz CT molecular complexity index is 171. The molecule has 1 aliphatic heterocycles. The second-order valence-corrected chi connectivity index (χ2v) is 4.79. The maximum absolute atomic E-state index is 5.14. The standard InChI is InChI=1S/C11H24N2O/c1-5-10-8-12-11(2,3)9-13(10)6-7-14-4/h10,12H,5-9H2,1-4H3. The number of rotatable bonds is 4. The van der Waals surface area contributed by atoms with Crippen molar-refractivity contribution in [3.8, 4) is 0 Å². The molecule has 3 heteroatoms. The molecule has 1 unspecified atom stereocenters. The van der Waals surface area contributed by atoms with Crippen LogP contribution in [0.4, 0.5) is 0 Å². The van der Waals surface area contributed by atoms with Gasteiger partial charge in [0.15, 0.2) is 0 Å². The monoisotopic (exact) mass is 200 g/mol. The maximum atomic E-state index is 5.14. The number of nitrogens with zero attached hydrogens (tertiary/aromatic N) is 1. The first kappa shape index (κ1) is 12.0. The van der Waals surface area contributed by atoms with Gasteiger partial charge in [-0.25, -0.2) is 0 Å². The molecule has 0 amide bonds. The lowest BCUT2D eigenvalue weighted by Gasteiger charge is -2.44. The van der Waals surface area contributed by atoms with Gasteiger partial charge in [-0.3, -0.25) is 4.90 Å². The SMILES string of the molecule is CCC1CNC(C)(C)CN1CCOC. The van der Waals surface area contributed by atoms with Gasteiger partial charge in [-0.1, -0.05) is 6.92 Å². The van der Waals surface area contributed by atoms with Crippen molar-refractivity contribution in [1.82, 2.24) is 10.2 Å². The van der Waals surface area contributed by atoms with Gasteiger partial charge in [-0.15, -0.1) is 0 Å². The minimum Gasteiger partial charge on any atom is -0.383 e. The molecule has 0 aliphatic carbocycles. The Morgan fingerprint density at radius 3 is 2.79 bits per heavy atom. The fourth-order valence-corrected chi connectivity index (χ4v) is 2.09. The molecule has 1 fully saturated rings. The summed E-state index contributed by atoms with van der Waals surface area (Å²) in [6.07, 6.45) is 1.22. The van der Waals surface area contributed by atoms with Gasteiger partial charge in [-0.05, 0) is 20.3 Å². The normalized spacial score (nSPS) is 27.9. The van der Waals surface area contributed by atoms with Crippen LogP contribution < -0.4 is 5.32 Å². The molecule has 0 aromatic carbocycles. The van der Waals surface area contributed by atoms with Crippen molar-refractivity contribution in [3.05, 3.63) is 0 Å². The second-order valence-electron chi connectivity index (χ2n) is 4.79. The van der Waals surface area contributed by atoms with Crippen molar-refractivity contribution >= 4 is 0 Å². The van der Waals surface area contributed by atoms with E-state index in [9.17, 15) is 0 Å². The molecule has 1 rings (SSSR count). The largest absolute Gasteiger partial charge is 0.383 e. The number of piperazine rings is 1. The first-order chi connectivity index (χ1) is 6.59. The number of hydrogen-bond donors (Lipinski definition) is 1. The molecular weight excluding hydrogens is 176 g/mol. The third-order valence-electron chi connectivity index (χ3n) is 2.98. The molecule has 1 heterocycles. The van der Waals surface area contributed by atoms with Gasteiger partial charge in [0.1, 0.15) is 0 Å². The van der Waals surface area contributed by atoms with E-state index in [0.717, 1.165) is 26.2 Å². The van der Waals surface area contributed by atoms with Crippen LogP contribution in [0.15, 0.2) is 0 Å². The quantitative estimate of drug-likeness (QED) is 0.735. The van der Waals surface area contributed by atoms with E-state index in [1.165, 1.54) is 6.42 Å². The molecule has 1 saturated heterocycles. The highest BCUT2D eigenvalue weighted by Crippen LogP contribution is 2.16. The van der Waals surface area contributed by atoms with E-state index in [-0.39, 0.29) is 5.54 Å². The third kappa shape index (κ3) is 3.23. The van der Waals surface area contributed by atoms with Crippen LogP contribution in [0.3, 0.4) is 0 Å². The molecule has 0 bridgehead atoms. The van der Waals surface area contributed by atoms with Crippen LogP contribution in [0, 0.1) is 0 Å². The van der Waals surface area contributed by atoms with Crippen molar-refractivity contribution in [3.63, 3.8) is 0 Å². The number of nitrogens with one attached hydrogen (secondary N) is 1. The van der Waals surface area contributed by atoms with Crippen LogP contribution in [0.25, 0.3) is 0 Å². The Morgan fingerprint density at radius 2 is 2.21 bits per heavy atom. The molecule has 1 aliphatic rings. The Labute approximate surface area is 87.8 Å². The summed E-state index contributed by atoms with van der Waals surface area (Å²) in [6, 6.07) is 0.679. The summed E-state index contributed by atoms with van der Waals surface area (Å²) in [5.74, 6) is 0. The molecule has 1 N–H and O–H groups in total. The zero-order valence-electron chi connectivity index (χ0n) is 9.97. The van der Waals surface area contributed by atoms with Gasteiger partial charge in [0.05, 0.1) is 6.61 Å². The minimum absolute atomic E-state index is 0.249. The minimum atomic E-state index is 0.249. The fourth-order valence-electron chi connectivity index (χ4n) is 2.09. The molecular formula is C11H24N2O. The maximum Gasteiger partial charge on any atom is 0.0589 e. The number of methoxy groups -OCH3 is 1. The summed E-state index contributed by atoms with van der Waals surface area (Å²) in [4.78, 5) is 2.54. The second kappa shape index (κ2) is 5.10. The van der Waals surface area contributed by atoms with Crippen LogP contribution in [0.1, 0.15) is 27.2 Å². The predicted molar refractivity (Wildman–Crippen MR) is 59.6 cm³/mol. The van der Waals surface area contributed by atoms with E-state index in [2.05, 4.69) is 31.0 Å². The van der Waals surface area contributed by atoms with Crippen LogP contribution >= 0.6 is 0 Å². The third-order valence-corrected chi connectivity index (χ3v) is 2.98. The molecule has 84 valence electrons. The highest BCUT2D eigenvalue weighted by Gasteiger charge is 2.30. The van der Waals surface area contributed by atoms with Crippen molar-refractivity contribution in [2.45, 2.75) is 38.8 Å². The van der Waals surface area contributed by atoms with Gasteiger partial charge >= 0.3 is 0 Å². The first-order valence-corrected chi connectivity index (χ1v) is 5.57. The zero-order chi connectivity index (χ0) is 10.6. The summed E-state index contributed by atoms with van der Waals surface area (Å²) in [5.41, 5.74) is 0.249. The van der Waals surface area contributed by atoms with E-state index < -0.39 is 0 Å². The molecule has 0 spiro atoms. The van der Waals surface area contributed by atoms with Crippen LogP contribution in [-0.4, -0.2) is 49.8 Å². The van der Waals surface area contributed by atoms with Gasteiger partial charge in [0.25, 0.3) is 0 Å². The molecule has 3 nitrogen and oxygen atoms in total. The summed E-state index contributed by atoms with van der Waals surface area (Å²) >= 11 is 0. The van der Waals surface area contributed by atoms with Gasteiger partial charge < -0.3 is 10.1 Å². The Hall–Kier alpha value is -0.120. The summed E-state index contributed by atoms with van der Waals surface area (Å²) in [6.45, 7) is 10.9. The zero-order valence-corrected chi connectivity index (χ0v) is 9.97. The summed E-state index contributed by atoms with van der Waals surface area (Å²) in [7, 11) is 1.77. The van der Waals surface area contributed by atoms with Gasteiger partial charge in [0.2, 0.25) is 0 Å². The average molecular weight is 200 g/mol. The van der Waals surface area contributed by atoms with Gasteiger partial charge in [-0.2, -0.15) is 0 Å². The van der Waals surface area contributed by atoms with Crippen LogP contribution in [0.5, 0.6) is 0 Å². The summed E-state index contributed by atoms with van der Waals surface area (Å²) in [5, 5.41) is 3.58. The Balaban J connectivity index is 2.47. The highest BCUT2D eigenvalue weighted by atomic mass is 16.5. The van der Waals surface area contributed by atoms with Crippen molar-refractivity contribution in [1.29, 1.82) is 0 Å². The topological polar surface area (TPSA) is 24.5 Å². The van der Waals surface area contributed by atoms with E-state index in [0.29, 0.717) is 6.04 Å². The Morgan fingerprint density at radius 1 is 1.50 bits per heavy atom. The van der Waals surface area contributed by atoms with E-state index in [1.54, 1.807) is 7.11 Å². The van der Waals surface area contributed by atoms with Crippen molar-refractivity contribution < 1.29 is 4.74 Å². The van der Waals surface area contributed by atoms with E-state index in [4.69, 9.17) is 4.74 Å². The number of ether oxygens (including phenoxy) is 1. The van der Waals surface area contributed by atoms with Crippen LogP contribution in [-0.2, 0) is 4.74 Å². The van der Waals surface area contributed by atoms with E-state index in [1.807, 2.05) is 0 Å². The average Bonchev–Trinajstić information content (AvgIpc) is 2.14. The lowest BCUT2D eigenvalue weighted by Crippen LogP contribution is -2.61. The predicted octanol–water partition coefficient (Wildman–Crippen LogP) is 1.10. The van der Waals surface area contributed by atoms with Crippen molar-refractivity contribution in [2.75, 3.05) is 33.4 Å². The molecule has 0 aromatic rings. The molecule has 0 radical (unpaired) electrons. The fraction of sp³-hybridized carbons (Fsp3) is 1.00. The molecule has 1 atom stereocenters. The molecule has 0 aromatic heterocycles. The molecule has 0 saturated carbocycles. The summed E-state index contributed by atoms with van der Waals surface area (Å²) < 4.78 is 5.14. The van der Waals surface area contributed by atoms with Crippen LogP contribution in [0.2, 0.25) is 0 Å². The lowest BCUT2D eigenvalue weighted by atomic mass is 9.98. The first-order valence-electron chi connectivity index (χ1n) is 5.57. The molecule has 14 heavy (non-hydrogen) atoms. The Kier molecular flexibility index (Phi) is 4.35. The van der Waals surface area contributed by atoms with Crippen molar-refractivity contribution in [2.24, 2.45) is 0 Å². The highest BCUT2D eigenvalue weighted by molar-refractivity contribution is 4.91. The van der Waals surface area contributed by atoms with E-state index >= 15 is 0 Å².